The predicted octanol–water partition coefficient (Wildman–Crippen LogP) is 9.80. The number of aryl methyl sites for hydroxylation is 1. The zero-order valence-corrected chi connectivity index (χ0v) is 36.3. The van der Waals surface area contributed by atoms with Crippen molar-refractivity contribution in [2.75, 3.05) is 19.8 Å². The first-order valence-corrected chi connectivity index (χ1v) is 23.5. The number of hydrogen-bond acceptors (Lipinski definition) is 11. The van der Waals surface area contributed by atoms with Crippen molar-refractivity contribution in [3.05, 3.63) is 43.0 Å². The third-order valence-electron chi connectivity index (χ3n) is 10.4. The van der Waals surface area contributed by atoms with Crippen molar-refractivity contribution in [1.82, 2.24) is 9.55 Å². The van der Waals surface area contributed by atoms with Crippen LogP contribution >= 0.6 is 7.82 Å². The SMILES string of the molecule is CCCCCCCCCCCCCC(=O)OC[C@@H](COP(=O)(O)OC[C@H]1O[C@@H](n2cc(C)c(=O)[nH]c2=O)C[C@@H]1N=[N+]=[N-])OC(=O)CCCCCCCCCCCCC. The van der Waals surface area contributed by atoms with E-state index in [9.17, 15) is 28.6 Å². The number of nitrogens with zero attached hydrogens (tertiary/aromatic N) is 4. The van der Waals surface area contributed by atoms with Crippen LogP contribution in [0.4, 0.5) is 0 Å². The van der Waals surface area contributed by atoms with Crippen LogP contribution in [0.2, 0.25) is 0 Å². The topological polar surface area (TPSA) is 221 Å². The lowest BCUT2D eigenvalue weighted by molar-refractivity contribution is -0.161. The molecule has 1 aromatic heterocycles. The van der Waals surface area contributed by atoms with E-state index in [1.807, 2.05) is 0 Å². The van der Waals surface area contributed by atoms with Gasteiger partial charge in [0, 0.05) is 35.9 Å². The number of phosphoric ester groups is 1. The zero-order valence-electron chi connectivity index (χ0n) is 35.5. The molecule has 1 aromatic rings. The first-order valence-electron chi connectivity index (χ1n) is 22.0. The van der Waals surface area contributed by atoms with Crippen molar-refractivity contribution in [1.29, 1.82) is 0 Å². The van der Waals surface area contributed by atoms with E-state index in [1.54, 1.807) is 0 Å². The van der Waals surface area contributed by atoms with Gasteiger partial charge in [0.05, 0.1) is 25.4 Å². The van der Waals surface area contributed by atoms with Crippen LogP contribution in [0.1, 0.15) is 186 Å². The molecule has 2 rings (SSSR count). The molecule has 0 bridgehead atoms. The van der Waals surface area contributed by atoms with Gasteiger partial charge in [-0.15, -0.1) is 0 Å². The van der Waals surface area contributed by atoms with E-state index < -0.39 is 68.7 Å². The fourth-order valence-corrected chi connectivity index (χ4v) is 7.66. The number of nitrogens with one attached hydrogen (secondary N) is 1. The molecule has 16 nitrogen and oxygen atoms in total. The average Bonchev–Trinajstić information content (AvgIpc) is 3.60. The second kappa shape index (κ2) is 31.0. The Labute approximate surface area is 344 Å². The van der Waals surface area contributed by atoms with Crippen LogP contribution in [0.25, 0.3) is 10.4 Å². The van der Waals surface area contributed by atoms with E-state index >= 15 is 0 Å². The van der Waals surface area contributed by atoms with E-state index in [0.29, 0.717) is 12.8 Å². The maximum atomic E-state index is 13.0. The molecule has 0 amide bonds. The van der Waals surface area contributed by atoms with Crippen LogP contribution in [0, 0.1) is 6.92 Å². The van der Waals surface area contributed by atoms with Gasteiger partial charge in [-0.2, -0.15) is 0 Å². The summed E-state index contributed by atoms with van der Waals surface area (Å²) in [6.07, 6.45) is 23.6. The Hall–Kier alpha value is -3.00. The minimum absolute atomic E-state index is 0.0295. The lowest BCUT2D eigenvalue weighted by atomic mass is 10.1. The molecule has 2 N–H and O–H groups in total. The monoisotopic (exact) mass is 841 g/mol. The Bertz CT molecular complexity index is 1520. The van der Waals surface area contributed by atoms with E-state index in [1.165, 1.54) is 103 Å². The van der Waals surface area contributed by atoms with E-state index in [4.69, 9.17) is 28.8 Å². The van der Waals surface area contributed by atoms with Crippen LogP contribution in [0.5, 0.6) is 0 Å². The molecule has 1 fully saturated rings. The highest BCUT2D eigenvalue weighted by atomic mass is 31.2. The summed E-state index contributed by atoms with van der Waals surface area (Å²) in [4.78, 5) is 65.1. The first kappa shape index (κ1) is 51.1. The van der Waals surface area contributed by atoms with Crippen LogP contribution in [0.3, 0.4) is 0 Å². The number of H-pyrrole nitrogens is 1. The lowest BCUT2D eigenvalue weighted by Crippen LogP contribution is -2.33. The third kappa shape index (κ3) is 23.0. The molecule has 1 unspecified atom stereocenters. The molecular weight excluding hydrogens is 769 g/mol. The summed E-state index contributed by atoms with van der Waals surface area (Å²) in [6, 6.07) is -0.877. The van der Waals surface area contributed by atoms with Gasteiger partial charge in [-0.25, -0.2) is 9.36 Å². The van der Waals surface area contributed by atoms with Gasteiger partial charge in [0.25, 0.3) is 5.56 Å². The Morgan fingerprint density at radius 3 is 1.86 bits per heavy atom. The van der Waals surface area contributed by atoms with Crippen molar-refractivity contribution in [3.63, 3.8) is 0 Å². The third-order valence-corrected chi connectivity index (χ3v) is 11.3. The molecule has 0 saturated carbocycles. The molecular formula is C41H72N5O11P. The number of aromatic amines is 1. The van der Waals surface area contributed by atoms with Crippen molar-refractivity contribution >= 4 is 19.8 Å². The maximum Gasteiger partial charge on any atom is 0.472 e. The first-order chi connectivity index (χ1) is 28.0. The van der Waals surface area contributed by atoms with Crippen molar-refractivity contribution in [2.24, 2.45) is 5.11 Å². The number of rotatable bonds is 35. The number of carbonyl (C=O) groups is 2. The van der Waals surface area contributed by atoms with Crippen molar-refractivity contribution in [3.8, 4) is 0 Å². The highest BCUT2D eigenvalue weighted by molar-refractivity contribution is 7.47. The Kier molecular flexibility index (Phi) is 27.3. The summed E-state index contributed by atoms with van der Waals surface area (Å²) < 4.78 is 41.3. The maximum absolute atomic E-state index is 13.0. The Morgan fingerprint density at radius 1 is 0.845 bits per heavy atom. The van der Waals surface area contributed by atoms with E-state index in [0.717, 1.165) is 43.1 Å². The minimum Gasteiger partial charge on any atom is -0.462 e. The van der Waals surface area contributed by atoms with Gasteiger partial charge in [0.15, 0.2) is 6.10 Å². The molecule has 1 aliphatic rings. The zero-order chi connectivity index (χ0) is 42.4. The lowest BCUT2D eigenvalue weighted by Gasteiger charge is -2.21. The highest BCUT2D eigenvalue weighted by Gasteiger charge is 2.38. The molecule has 1 aliphatic heterocycles. The van der Waals surface area contributed by atoms with Crippen molar-refractivity contribution < 1.29 is 42.3 Å². The van der Waals surface area contributed by atoms with Gasteiger partial charge < -0.3 is 19.1 Å². The molecule has 58 heavy (non-hydrogen) atoms. The summed E-state index contributed by atoms with van der Waals surface area (Å²) in [5.41, 5.74) is 8.05. The molecule has 0 radical (unpaired) electrons. The largest absolute Gasteiger partial charge is 0.472 e. The fourth-order valence-electron chi connectivity index (χ4n) is 6.89. The molecule has 2 heterocycles. The van der Waals surface area contributed by atoms with Gasteiger partial charge >= 0.3 is 25.5 Å². The van der Waals surface area contributed by atoms with Crippen LogP contribution in [-0.2, 0) is 37.4 Å². The molecule has 0 spiro atoms. The predicted molar refractivity (Wildman–Crippen MR) is 222 cm³/mol. The summed E-state index contributed by atoms with van der Waals surface area (Å²) in [5.74, 6) is -0.991. The molecule has 17 heteroatoms. The summed E-state index contributed by atoms with van der Waals surface area (Å²) in [6.45, 7) is 4.43. The number of azide groups is 1. The van der Waals surface area contributed by atoms with Crippen LogP contribution in [-0.4, -0.2) is 64.5 Å². The summed E-state index contributed by atoms with van der Waals surface area (Å²) in [5, 5.41) is 3.68. The summed E-state index contributed by atoms with van der Waals surface area (Å²) >= 11 is 0. The Balaban J connectivity index is 1.86. The molecule has 1 saturated heterocycles. The minimum atomic E-state index is -4.80. The molecule has 0 aromatic carbocycles. The second-order valence-corrected chi connectivity index (χ2v) is 17.0. The van der Waals surface area contributed by atoms with Gasteiger partial charge in [0.2, 0.25) is 0 Å². The number of hydrogen-bond donors (Lipinski definition) is 2. The van der Waals surface area contributed by atoms with Gasteiger partial charge in [-0.1, -0.05) is 147 Å². The Morgan fingerprint density at radius 2 is 1.34 bits per heavy atom. The highest BCUT2D eigenvalue weighted by Crippen LogP contribution is 2.45. The van der Waals surface area contributed by atoms with Crippen LogP contribution in [0.15, 0.2) is 20.9 Å². The number of phosphoric acid groups is 1. The molecule has 0 aliphatic carbocycles. The fraction of sp³-hybridized carbons (Fsp3) is 0.854. The standard InChI is InChI=1S/C41H72N5O11P/c1-4-6-8-10-12-14-16-18-20-22-24-26-38(47)53-30-34(56-39(48)27-25-23-21-19-17-15-13-11-9-7-5-2)31-54-58(51,52)55-32-36-35(44-45-42)28-37(57-36)46-29-33(3)40(49)43-41(46)50/h29,34-37H,4-28,30-32H2,1-3H3,(H,51,52)(H,43,49,50)/t34-,35-,36+,37+/m0/s1. The van der Waals surface area contributed by atoms with Gasteiger partial charge in [0.1, 0.15) is 12.8 Å². The van der Waals surface area contributed by atoms with Gasteiger partial charge in [-0.05, 0) is 25.3 Å². The average molecular weight is 842 g/mol. The second-order valence-electron chi connectivity index (χ2n) is 15.5. The number of ether oxygens (including phenoxy) is 3. The van der Waals surface area contributed by atoms with Crippen molar-refractivity contribution in [2.45, 2.75) is 206 Å². The molecule has 332 valence electrons. The quantitative estimate of drug-likeness (QED) is 0.0163. The number of aromatic nitrogens is 2. The van der Waals surface area contributed by atoms with Crippen LogP contribution < -0.4 is 11.2 Å². The molecule has 5 atom stereocenters. The number of unbranched alkanes of at least 4 members (excludes halogenated alkanes) is 20. The number of carbonyl (C=O) groups excluding carboxylic acids is 2. The van der Waals surface area contributed by atoms with Gasteiger partial charge in [-0.3, -0.25) is 33.0 Å². The number of esters is 2. The summed E-state index contributed by atoms with van der Waals surface area (Å²) in [7, 11) is -4.80. The van der Waals surface area contributed by atoms with E-state index in [2.05, 4.69) is 28.9 Å². The normalized spacial score (nSPS) is 18.0. The smallest absolute Gasteiger partial charge is 0.462 e. The van der Waals surface area contributed by atoms with E-state index in [-0.39, 0.29) is 31.4 Å².